The van der Waals surface area contributed by atoms with Gasteiger partial charge in [-0.2, -0.15) is 0 Å². The summed E-state index contributed by atoms with van der Waals surface area (Å²) in [6.45, 7) is 4.42. The Hall–Kier alpha value is -2.32. The van der Waals surface area contributed by atoms with Crippen molar-refractivity contribution in [2.75, 3.05) is 72.7 Å². The summed E-state index contributed by atoms with van der Waals surface area (Å²) >= 11 is 0. The summed E-state index contributed by atoms with van der Waals surface area (Å²) in [4.78, 5) is 0. The third-order valence-corrected chi connectivity index (χ3v) is 7.43. The van der Waals surface area contributed by atoms with Gasteiger partial charge in [0.25, 0.3) is 0 Å². The van der Waals surface area contributed by atoms with Crippen LogP contribution >= 0.6 is 0 Å². The number of aliphatic hydroxyl groups excluding tert-OH is 2. The van der Waals surface area contributed by atoms with E-state index in [2.05, 4.69) is 0 Å². The van der Waals surface area contributed by atoms with Gasteiger partial charge in [-0.25, -0.2) is 0 Å². The van der Waals surface area contributed by atoms with Crippen molar-refractivity contribution < 1.29 is 52.8 Å². The number of ether oxygens (including phenoxy) is 9. The second kappa shape index (κ2) is 14.4. The van der Waals surface area contributed by atoms with Crippen molar-refractivity contribution in [3.05, 3.63) is 59.7 Å². The van der Waals surface area contributed by atoms with E-state index >= 15 is 0 Å². The molecule has 0 radical (unpaired) electrons. The molecule has 0 saturated carbocycles. The lowest BCUT2D eigenvalue weighted by atomic mass is 9.84. The van der Waals surface area contributed by atoms with Crippen molar-refractivity contribution in [2.24, 2.45) is 0 Å². The maximum Gasteiger partial charge on any atom is 0.119 e. The maximum atomic E-state index is 10.1. The van der Waals surface area contributed by atoms with Crippen LogP contribution in [0.5, 0.6) is 11.5 Å². The number of rotatable bonds is 21. The quantitative estimate of drug-likeness (QED) is 0.204. The minimum atomic E-state index is -1.02. The fraction of sp³-hybridized carbons (Fsp3) is 0.613. The maximum absolute atomic E-state index is 10.1. The van der Waals surface area contributed by atoms with Crippen LogP contribution in [0.3, 0.4) is 0 Å². The largest absolute Gasteiger partial charge is 0.491 e. The summed E-state index contributed by atoms with van der Waals surface area (Å²) in [7, 11) is 0. The smallest absolute Gasteiger partial charge is 0.119 e. The van der Waals surface area contributed by atoms with E-state index in [1.807, 2.05) is 48.5 Å². The molecular formula is C31H40O11. The van der Waals surface area contributed by atoms with Crippen molar-refractivity contribution in [3.8, 4) is 11.5 Å². The summed E-state index contributed by atoms with van der Waals surface area (Å²) in [5, 5.41) is 19.6. The molecule has 0 aromatic heterocycles. The first-order valence-electron chi connectivity index (χ1n) is 14.7. The second-order valence-corrected chi connectivity index (χ2v) is 11.1. The molecule has 4 saturated heterocycles. The molecule has 4 fully saturated rings. The van der Waals surface area contributed by atoms with E-state index in [0.717, 1.165) is 35.8 Å². The fourth-order valence-electron chi connectivity index (χ4n) is 4.63. The standard InChI is InChI=1S/C31H40O11/c32-9-22(33)10-41-29(19-34-11-25-12-37-25)31(42-18-28-17-40-28)30(20-1-5-23(6-2-20)35-13-26-15-38-26)21-3-7-24(8-4-21)36-14-27-16-39-27/h1-8,22,25-33H,9-19H2. The van der Waals surface area contributed by atoms with Crippen molar-refractivity contribution in [1.29, 1.82) is 0 Å². The zero-order valence-corrected chi connectivity index (χ0v) is 23.6. The van der Waals surface area contributed by atoms with Crippen LogP contribution in [0.4, 0.5) is 0 Å². The first kappa shape index (κ1) is 29.7. The summed E-state index contributed by atoms with van der Waals surface area (Å²) in [5.74, 6) is 1.24. The molecule has 4 aliphatic rings. The van der Waals surface area contributed by atoms with E-state index < -0.39 is 24.9 Å². The number of aliphatic hydroxyl groups is 2. The Kier molecular flexibility index (Phi) is 10.2. The highest BCUT2D eigenvalue weighted by Crippen LogP contribution is 2.35. The predicted molar refractivity (Wildman–Crippen MR) is 148 cm³/mol. The molecule has 2 N–H and O–H groups in total. The molecule has 230 valence electrons. The molecular weight excluding hydrogens is 548 g/mol. The highest BCUT2D eigenvalue weighted by Gasteiger charge is 2.37. The van der Waals surface area contributed by atoms with Gasteiger partial charge in [0.2, 0.25) is 0 Å². The van der Waals surface area contributed by atoms with Gasteiger partial charge in [-0.1, -0.05) is 24.3 Å². The van der Waals surface area contributed by atoms with E-state index in [9.17, 15) is 10.2 Å². The van der Waals surface area contributed by atoms with Gasteiger partial charge in [0, 0.05) is 5.92 Å². The number of epoxide rings is 4. The molecule has 0 spiro atoms. The van der Waals surface area contributed by atoms with Crippen molar-refractivity contribution in [3.63, 3.8) is 0 Å². The van der Waals surface area contributed by atoms with Gasteiger partial charge in [0.1, 0.15) is 61.3 Å². The van der Waals surface area contributed by atoms with Gasteiger partial charge in [-0.3, -0.25) is 0 Å². The molecule has 0 bridgehead atoms. The van der Waals surface area contributed by atoms with Crippen LogP contribution in [-0.4, -0.2) is 126 Å². The van der Waals surface area contributed by atoms with Crippen LogP contribution in [0.25, 0.3) is 0 Å². The minimum absolute atomic E-state index is 0.0263. The lowest BCUT2D eigenvalue weighted by molar-refractivity contribution is -0.129. The lowest BCUT2D eigenvalue weighted by Crippen LogP contribution is -2.43. The van der Waals surface area contributed by atoms with Crippen molar-refractivity contribution in [1.82, 2.24) is 0 Å². The third-order valence-electron chi connectivity index (χ3n) is 7.43. The number of benzene rings is 2. The van der Waals surface area contributed by atoms with Gasteiger partial charge < -0.3 is 52.8 Å². The molecule has 0 aliphatic carbocycles. The normalized spacial score (nSPS) is 26.6. The first-order chi connectivity index (χ1) is 20.6. The van der Waals surface area contributed by atoms with Crippen LogP contribution in [0, 0.1) is 0 Å². The zero-order chi connectivity index (χ0) is 28.7. The first-order valence-corrected chi connectivity index (χ1v) is 14.7. The Morgan fingerprint density at radius 2 is 1.12 bits per heavy atom. The van der Waals surface area contributed by atoms with Crippen LogP contribution in [0.2, 0.25) is 0 Å². The summed E-state index contributed by atoms with van der Waals surface area (Å²) < 4.78 is 51.9. The Labute approximate surface area is 245 Å². The van der Waals surface area contributed by atoms with E-state index in [0.29, 0.717) is 39.6 Å². The van der Waals surface area contributed by atoms with Gasteiger partial charge in [0.05, 0.1) is 65.6 Å². The van der Waals surface area contributed by atoms with Crippen molar-refractivity contribution in [2.45, 2.75) is 48.6 Å². The van der Waals surface area contributed by atoms with E-state index in [-0.39, 0.29) is 43.5 Å². The Balaban J connectivity index is 1.27. The van der Waals surface area contributed by atoms with Crippen molar-refractivity contribution >= 4 is 0 Å². The zero-order valence-electron chi connectivity index (χ0n) is 23.6. The van der Waals surface area contributed by atoms with Gasteiger partial charge >= 0.3 is 0 Å². The average molecular weight is 589 g/mol. The van der Waals surface area contributed by atoms with Gasteiger partial charge in [-0.05, 0) is 35.4 Å². The van der Waals surface area contributed by atoms with Crippen LogP contribution < -0.4 is 9.47 Å². The number of hydrogen-bond donors (Lipinski definition) is 2. The molecule has 11 heteroatoms. The Morgan fingerprint density at radius 3 is 1.60 bits per heavy atom. The molecule has 6 rings (SSSR count). The Morgan fingerprint density at radius 1 is 0.643 bits per heavy atom. The molecule has 2 aromatic rings. The van der Waals surface area contributed by atoms with E-state index in [1.54, 1.807) is 0 Å². The molecule has 2 aromatic carbocycles. The highest BCUT2D eigenvalue weighted by molar-refractivity contribution is 5.40. The minimum Gasteiger partial charge on any atom is -0.491 e. The lowest BCUT2D eigenvalue weighted by Gasteiger charge is -2.35. The highest BCUT2D eigenvalue weighted by atomic mass is 16.6. The molecule has 4 aliphatic heterocycles. The van der Waals surface area contributed by atoms with Gasteiger partial charge in [-0.15, -0.1) is 0 Å². The van der Waals surface area contributed by atoms with Crippen LogP contribution in [0.1, 0.15) is 17.0 Å². The SMILES string of the molecule is OCC(O)COC(COCC1CO1)C(OCC1CO1)C(c1ccc(OCC2CO2)cc1)c1ccc(OCC2CO2)cc1. The monoisotopic (exact) mass is 588 g/mol. The molecule has 0 amide bonds. The van der Waals surface area contributed by atoms with Crippen LogP contribution in [-0.2, 0) is 33.2 Å². The summed E-state index contributed by atoms with van der Waals surface area (Å²) in [6, 6.07) is 15.9. The topological polar surface area (TPSA) is 137 Å². The average Bonchev–Trinajstić information content (AvgIpc) is 3.85. The molecule has 42 heavy (non-hydrogen) atoms. The predicted octanol–water partition coefficient (Wildman–Crippen LogP) is 1.31. The molecule has 7 unspecified atom stereocenters. The molecule has 4 heterocycles. The van der Waals surface area contributed by atoms with E-state index in [4.69, 9.17) is 42.6 Å². The Bertz CT molecular complexity index is 1020. The fourth-order valence-corrected chi connectivity index (χ4v) is 4.63. The van der Waals surface area contributed by atoms with E-state index in [1.165, 1.54) is 0 Å². The van der Waals surface area contributed by atoms with Gasteiger partial charge in [0.15, 0.2) is 0 Å². The molecule has 7 atom stereocenters. The number of hydrogen-bond acceptors (Lipinski definition) is 11. The molecule has 11 nitrogen and oxygen atoms in total. The van der Waals surface area contributed by atoms with Crippen LogP contribution in [0.15, 0.2) is 48.5 Å². The third kappa shape index (κ3) is 9.34. The summed E-state index contributed by atoms with van der Waals surface area (Å²) in [5.41, 5.74) is 1.99. The summed E-state index contributed by atoms with van der Waals surface area (Å²) in [6.07, 6.45) is -1.66. The second-order valence-electron chi connectivity index (χ2n) is 11.1.